The standard InChI is InChI=1S/C12H13F2N5O2/c1-3-15-21-7-9-8(11(13)14)5-4-6-10(9)19-12(20)18(2)16-17-19/h3-6,11H,7H2,1-2H3. The third-order valence-corrected chi connectivity index (χ3v) is 2.76. The number of tetrazole rings is 1. The van der Waals surface area contributed by atoms with E-state index in [1.807, 2.05) is 0 Å². The Morgan fingerprint density at radius 1 is 1.43 bits per heavy atom. The molecule has 7 nitrogen and oxygen atoms in total. The Kier molecular flexibility index (Phi) is 4.41. The molecule has 0 amide bonds. The number of hydrogen-bond donors (Lipinski definition) is 0. The van der Waals surface area contributed by atoms with Gasteiger partial charge in [-0.05, 0) is 23.4 Å². The summed E-state index contributed by atoms with van der Waals surface area (Å²) in [6.07, 6.45) is -1.32. The maximum atomic E-state index is 13.1. The Morgan fingerprint density at radius 2 is 2.19 bits per heavy atom. The van der Waals surface area contributed by atoms with Crippen LogP contribution in [0.25, 0.3) is 5.69 Å². The van der Waals surface area contributed by atoms with Crippen molar-refractivity contribution in [1.82, 2.24) is 19.8 Å². The third-order valence-electron chi connectivity index (χ3n) is 2.76. The molecule has 0 atom stereocenters. The van der Waals surface area contributed by atoms with Crippen LogP contribution in [-0.2, 0) is 18.5 Å². The van der Waals surface area contributed by atoms with Crippen molar-refractivity contribution in [2.24, 2.45) is 12.2 Å². The predicted molar refractivity (Wildman–Crippen MR) is 70.5 cm³/mol. The van der Waals surface area contributed by atoms with Gasteiger partial charge >= 0.3 is 5.69 Å². The summed E-state index contributed by atoms with van der Waals surface area (Å²) in [5, 5.41) is 10.7. The van der Waals surface area contributed by atoms with Gasteiger partial charge in [-0.2, -0.15) is 9.36 Å². The van der Waals surface area contributed by atoms with Gasteiger partial charge in [-0.25, -0.2) is 13.6 Å². The Bertz CT molecular complexity index is 708. The summed E-state index contributed by atoms with van der Waals surface area (Å²) in [7, 11) is 1.42. The van der Waals surface area contributed by atoms with Gasteiger partial charge in [0.05, 0.1) is 5.69 Å². The lowest BCUT2D eigenvalue weighted by molar-refractivity contribution is 0.119. The lowest BCUT2D eigenvalue weighted by Gasteiger charge is -2.12. The molecular formula is C12H13F2N5O2. The van der Waals surface area contributed by atoms with Crippen molar-refractivity contribution in [3.05, 3.63) is 39.8 Å². The maximum Gasteiger partial charge on any atom is 0.368 e. The van der Waals surface area contributed by atoms with E-state index in [9.17, 15) is 13.6 Å². The molecule has 0 N–H and O–H groups in total. The summed E-state index contributed by atoms with van der Waals surface area (Å²) < 4.78 is 28.2. The lowest BCUT2D eigenvalue weighted by Crippen LogP contribution is -2.23. The van der Waals surface area contributed by atoms with Crippen molar-refractivity contribution in [1.29, 1.82) is 0 Å². The Hall–Kier alpha value is -2.58. The zero-order valence-electron chi connectivity index (χ0n) is 11.4. The number of halogens is 2. The molecule has 0 aliphatic rings. The molecule has 0 radical (unpaired) electrons. The van der Waals surface area contributed by atoms with Crippen LogP contribution < -0.4 is 5.69 Å². The molecular weight excluding hydrogens is 284 g/mol. The van der Waals surface area contributed by atoms with Crippen LogP contribution in [-0.4, -0.2) is 26.0 Å². The van der Waals surface area contributed by atoms with Gasteiger partial charge in [0.1, 0.15) is 6.61 Å². The fourth-order valence-electron chi connectivity index (χ4n) is 1.79. The second kappa shape index (κ2) is 6.25. The molecule has 0 spiro atoms. The minimum Gasteiger partial charge on any atom is -0.391 e. The molecule has 21 heavy (non-hydrogen) atoms. The van der Waals surface area contributed by atoms with E-state index in [4.69, 9.17) is 4.84 Å². The van der Waals surface area contributed by atoms with Crippen molar-refractivity contribution < 1.29 is 13.6 Å². The van der Waals surface area contributed by atoms with E-state index >= 15 is 0 Å². The summed E-state index contributed by atoms with van der Waals surface area (Å²) in [5.41, 5.74) is -0.448. The quantitative estimate of drug-likeness (QED) is 0.618. The van der Waals surface area contributed by atoms with Gasteiger partial charge in [0.2, 0.25) is 0 Å². The first kappa shape index (κ1) is 14.8. The lowest BCUT2D eigenvalue weighted by atomic mass is 10.1. The molecule has 0 saturated carbocycles. The van der Waals surface area contributed by atoms with Crippen LogP contribution in [0.1, 0.15) is 24.5 Å². The minimum atomic E-state index is -2.71. The van der Waals surface area contributed by atoms with Gasteiger partial charge in [0, 0.05) is 24.4 Å². The van der Waals surface area contributed by atoms with Crippen molar-refractivity contribution >= 4 is 6.21 Å². The Balaban J connectivity index is 2.56. The highest BCUT2D eigenvalue weighted by Gasteiger charge is 2.19. The molecule has 1 heterocycles. The minimum absolute atomic E-state index is 0.140. The number of alkyl halides is 2. The number of aromatic nitrogens is 4. The molecule has 2 aromatic rings. The zero-order valence-corrected chi connectivity index (χ0v) is 11.4. The Labute approximate surface area is 118 Å². The highest BCUT2D eigenvalue weighted by atomic mass is 19.3. The number of nitrogens with zero attached hydrogens (tertiary/aromatic N) is 5. The van der Waals surface area contributed by atoms with Gasteiger partial charge in [0.15, 0.2) is 0 Å². The van der Waals surface area contributed by atoms with Crippen molar-refractivity contribution in [3.8, 4) is 5.69 Å². The highest BCUT2D eigenvalue weighted by Crippen LogP contribution is 2.27. The SMILES string of the molecule is CC=NOCc1c(C(F)F)cccc1-n1nnn(C)c1=O. The molecule has 0 fully saturated rings. The molecule has 9 heteroatoms. The van der Waals surface area contributed by atoms with Gasteiger partial charge in [-0.15, -0.1) is 0 Å². The van der Waals surface area contributed by atoms with Crippen LogP contribution in [0.15, 0.2) is 28.1 Å². The average molecular weight is 297 g/mol. The van der Waals surface area contributed by atoms with Crippen LogP contribution in [0.3, 0.4) is 0 Å². The van der Waals surface area contributed by atoms with Gasteiger partial charge < -0.3 is 4.84 Å². The number of oxime groups is 1. The van der Waals surface area contributed by atoms with E-state index in [2.05, 4.69) is 15.6 Å². The van der Waals surface area contributed by atoms with Gasteiger partial charge in [-0.1, -0.05) is 17.3 Å². The smallest absolute Gasteiger partial charge is 0.368 e. The van der Waals surface area contributed by atoms with E-state index in [1.54, 1.807) is 6.92 Å². The first-order chi connectivity index (χ1) is 10.1. The topological polar surface area (TPSA) is 74.3 Å². The molecule has 0 bridgehead atoms. The van der Waals surface area contributed by atoms with Crippen LogP contribution in [0, 0.1) is 0 Å². The normalized spacial score (nSPS) is 11.5. The van der Waals surface area contributed by atoms with Crippen LogP contribution in [0.5, 0.6) is 0 Å². The first-order valence-electron chi connectivity index (χ1n) is 6.05. The molecule has 1 aromatic heterocycles. The van der Waals surface area contributed by atoms with Gasteiger partial charge in [-0.3, -0.25) is 0 Å². The molecule has 2 rings (SSSR count). The molecule has 112 valence electrons. The molecule has 0 saturated heterocycles. The summed E-state index contributed by atoms with van der Waals surface area (Å²) in [5.74, 6) is 0. The maximum absolute atomic E-state index is 13.1. The fraction of sp³-hybridized carbons (Fsp3) is 0.333. The molecule has 0 unspecified atom stereocenters. The highest BCUT2D eigenvalue weighted by molar-refractivity contribution is 5.52. The molecule has 0 aliphatic carbocycles. The van der Waals surface area contributed by atoms with Crippen LogP contribution in [0.2, 0.25) is 0 Å². The average Bonchev–Trinajstić information content (AvgIpc) is 2.79. The Morgan fingerprint density at radius 3 is 2.76 bits per heavy atom. The first-order valence-corrected chi connectivity index (χ1v) is 6.05. The second-order valence-corrected chi connectivity index (χ2v) is 4.08. The van der Waals surface area contributed by atoms with Gasteiger partial charge in [0.25, 0.3) is 6.43 Å². The predicted octanol–water partition coefficient (Wildman–Crippen LogP) is 1.43. The van der Waals surface area contributed by atoms with Crippen molar-refractivity contribution in [2.75, 3.05) is 0 Å². The fourth-order valence-corrected chi connectivity index (χ4v) is 1.79. The second-order valence-electron chi connectivity index (χ2n) is 4.08. The summed E-state index contributed by atoms with van der Waals surface area (Å²) in [6, 6.07) is 4.19. The van der Waals surface area contributed by atoms with E-state index in [1.165, 1.54) is 31.5 Å². The van der Waals surface area contributed by atoms with Crippen LogP contribution >= 0.6 is 0 Å². The molecule has 1 aromatic carbocycles. The van der Waals surface area contributed by atoms with Crippen molar-refractivity contribution in [3.63, 3.8) is 0 Å². The monoisotopic (exact) mass is 297 g/mol. The van der Waals surface area contributed by atoms with Crippen molar-refractivity contribution in [2.45, 2.75) is 20.0 Å². The van der Waals surface area contributed by atoms with E-state index in [-0.39, 0.29) is 23.4 Å². The number of aryl methyl sites for hydroxylation is 1. The van der Waals surface area contributed by atoms with E-state index in [0.717, 1.165) is 9.36 Å². The molecule has 0 aliphatic heterocycles. The number of benzene rings is 1. The van der Waals surface area contributed by atoms with E-state index < -0.39 is 12.1 Å². The number of rotatable bonds is 5. The zero-order chi connectivity index (χ0) is 15.4. The van der Waals surface area contributed by atoms with E-state index in [0.29, 0.717) is 0 Å². The number of hydrogen-bond acceptors (Lipinski definition) is 5. The summed E-state index contributed by atoms with van der Waals surface area (Å²) in [4.78, 5) is 16.8. The summed E-state index contributed by atoms with van der Waals surface area (Å²) in [6.45, 7) is 1.43. The third kappa shape index (κ3) is 2.96. The largest absolute Gasteiger partial charge is 0.391 e. The van der Waals surface area contributed by atoms with Crippen LogP contribution in [0.4, 0.5) is 8.78 Å². The summed E-state index contributed by atoms with van der Waals surface area (Å²) >= 11 is 0.